The molecule has 4 atom stereocenters. The number of nitrogens with zero attached hydrogens (tertiary/aromatic N) is 3. The Morgan fingerprint density at radius 1 is 1.29 bits per heavy atom. The number of rotatable bonds is 3. The molecule has 2 aliphatic heterocycles. The van der Waals surface area contributed by atoms with Gasteiger partial charge in [0.05, 0.1) is 16.7 Å². The summed E-state index contributed by atoms with van der Waals surface area (Å²) < 4.78 is 7.99. The standard InChI is InChI=1S/C26H30N4O4/c1-13-10-19-27-21(14(2)24(32)30(19)28-13)23-26-8-9-29(12-15-4-5-15)18(25(26,3)33)11-16-6-7-17(31)22(34-23)20(16)26/h6-7,10,15,18,23,28,31,33H,4-5,8-9,11-12H2,1-3H3/t18-,23+,25-,26+/m1/s1. The van der Waals surface area contributed by atoms with Crippen LogP contribution in [0.15, 0.2) is 23.0 Å². The number of fused-ring (bicyclic) bond motifs is 2. The van der Waals surface area contributed by atoms with Gasteiger partial charge >= 0.3 is 0 Å². The van der Waals surface area contributed by atoms with E-state index in [0.717, 1.165) is 35.8 Å². The van der Waals surface area contributed by atoms with Crippen LogP contribution in [0.3, 0.4) is 0 Å². The van der Waals surface area contributed by atoms with Gasteiger partial charge in [-0.2, -0.15) is 0 Å². The lowest BCUT2D eigenvalue weighted by Gasteiger charge is -2.59. The summed E-state index contributed by atoms with van der Waals surface area (Å²) in [6.07, 6.45) is 3.25. The number of H-pyrrole nitrogens is 1. The van der Waals surface area contributed by atoms with Crippen molar-refractivity contribution in [3.63, 3.8) is 0 Å². The number of aryl methyl sites for hydroxylation is 1. The number of benzene rings is 1. The van der Waals surface area contributed by atoms with Crippen molar-refractivity contribution in [2.24, 2.45) is 5.92 Å². The summed E-state index contributed by atoms with van der Waals surface area (Å²) in [5, 5.41) is 26.2. The maximum atomic E-state index is 13.3. The quantitative estimate of drug-likeness (QED) is 0.553. The van der Waals surface area contributed by atoms with Gasteiger partial charge in [0.25, 0.3) is 5.56 Å². The van der Waals surface area contributed by atoms with Crippen LogP contribution < -0.4 is 10.3 Å². The summed E-state index contributed by atoms with van der Waals surface area (Å²) in [7, 11) is 0. The second-order valence-corrected chi connectivity index (χ2v) is 11.0. The van der Waals surface area contributed by atoms with Crippen molar-refractivity contribution >= 4 is 5.65 Å². The number of hydrogen-bond donors (Lipinski definition) is 3. The molecule has 0 unspecified atom stereocenters. The second-order valence-electron chi connectivity index (χ2n) is 11.0. The van der Waals surface area contributed by atoms with Crippen molar-refractivity contribution in [1.82, 2.24) is 19.5 Å². The number of aromatic amines is 1. The van der Waals surface area contributed by atoms with Gasteiger partial charge in [-0.05, 0) is 70.5 Å². The average Bonchev–Trinajstić information content (AvgIpc) is 3.41. The van der Waals surface area contributed by atoms with E-state index in [9.17, 15) is 15.0 Å². The summed E-state index contributed by atoms with van der Waals surface area (Å²) in [6, 6.07) is 5.45. The van der Waals surface area contributed by atoms with Gasteiger partial charge in [-0.3, -0.25) is 14.8 Å². The molecule has 178 valence electrons. The highest BCUT2D eigenvalue weighted by atomic mass is 16.5. The van der Waals surface area contributed by atoms with E-state index in [1.54, 1.807) is 13.0 Å². The molecule has 4 heterocycles. The molecule has 1 saturated heterocycles. The number of ether oxygens (including phenoxy) is 1. The first-order chi connectivity index (χ1) is 16.2. The van der Waals surface area contributed by atoms with Crippen molar-refractivity contribution in [3.05, 3.63) is 56.6 Å². The van der Waals surface area contributed by atoms with Crippen LogP contribution in [0.5, 0.6) is 11.5 Å². The second kappa shape index (κ2) is 6.43. The number of aromatic hydroxyl groups is 1. The fourth-order valence-electron chi connectivity index (χ4n) is 7.07. The number of likely N-dealkylation sites (tertiary alicyclic amines) is 1. The zero-order chi connectivity index (χ0) is 23.6. The molecular formula is C26H30N4O4. The molecule has 8 heteroatoms. The summed E-state index contributed by atoms with van der Waals surface area (Å²) in [5.41, 5.74) is 2.32. The molecule has 2 bridgehead atoms. The summed E-state index contributed by atoms with van der Waals surface area (Å²) >= 11 is 0. The maximum absolute atomic E-state index is 13.3. The smallest absolute Gasteiger partial charge is 0.275 e. The predicted octanol–water partition coefficient (Wildman–Crippen LogP) is 2.51. The number of aromatic nitrogens is 3. The molecule has 1 aromatic carbocycles. The van der Waals surface area contributed by atoms with E-state index in [-0.39, 0.29) is 17.4 Å². The molecule has 8 nitrogen and oxygen atoms in total. The van der Waals surface area contributed by atoms with E-state index in [1.165, 1.54) is 17.4 Å². The molecule has 1 spiro atoms. The van der Waals surface area contributed by atoms with Crippen LogP contribution in [-0.4, -0.2) is 54.4 Å². The fraction of sp³-hybridized carbons (Fsp3) is 0.538. The Hall–Kier alpha value is -2.84. The zero-order valence-corrected chi connectivity index (χ0v) is 19.8. The van der Waals surface area contributed by atoms with Gasteiger partial charge in [0.15, 0.2) is 23.3 Å². The third kappa shape index (κ3) is 2.40. The van der Waals surface area contributed by atoms with Gasteiger partial charge < -0.3 is 14.9 Å². The Kier molecular flexibility index (Phi) is 3.88. The van der Waals surface area contributed by atoms with Crippen LogP contribution in [0.4, 0.5) is 0 Å². The van der Waals surface area contributed by atoms with E-state index in [4.69, 9.17) is 9.72 Å². The molecule has 2 aliphatic carbocycles. The van der Waals surface area contributed by atoms with Crippen molar-refractivity contribution < 1.29 is 14.9 Å². The number of phenols is 1. The molecule has 0 radical (unpaired) electrons. The fourth-order valence-corrected chi connectivity index (χ4v) is 7.07. The number of aliphatic hydroxyl groups is 1. The molecule has 3 N–H and O–H groups in total. The topological polar surface area (TPSA) is 103 Å². The highest BCUT2D eigenvalue weighted by Gasteiger charge is 2.69. The van der Waals surface area contributed by atoms with Crippen molar-refractivity contribution in [2.45, 2.75) is 69.6 Å². The molecule has 3 aromatic rings. The number of phenolic OH excluding ortho intramolecular Hbond substituents is 1. The van der Waals surface area contributed by atoms with E-state index in [1.807, 2.05) is 26.0 Å². The van der Waals surface area contributed by atoms with E-state index < -0.39 is 17.1 Å². The lowest BCUT2D eigenvalue weighted by Crippen LogP contribution is -2.71. The minimum absolute atomic E-state index is 0.0596. The van der Waals surface area contributed by atoms with E-state index >= 15 is 0 Å². The van der Waals surface area contributed by atoms with Crippen molar-refractivity contribution in [3.8, 4) is 11.5 Å². The molecule has 7 rings (SSSR count). The molecule has 34 heavy (non-hydrogen) atoms. The van der Waals surface area contributed by atoms with Gasteiger partial charge in [0.1, 0.15) is 0 Å². The normalized spacial score (nSPS) is 32.1. The Labute approximate surface area is 197 Å². The Morgan fingerprint density at radius 2 is 2.09 bits per heavy atom. The van der Waals surface area contributed by atoms with Crippen LogP contribution in [-0.2, 0) is 11.8 Å². The van der Waals surface area contributed by atoms with Gasteiger partial charge in [-0.25, -0.2) is 9.50 Å². The molecular weight excluding hydrogens is 432 g/mol. The highest BCUT2D eigenvalue weighted by molar-refractivity contribution is 5.62. The molecule has 1 saturated carbocycles. The first-order valence-electron chi connectivity index (χ1n) is 12.3. The molecule has 0 amide bonds. The Bertz CT molecular complexity index is 1420. The number of hydrogen-bond acceptors (Lipinski definition) is 6. The van der Waals surface area contributed by atoms with Gasteiger partial charge in [0, 0.05) is 35.5 Å². The first kappa shape index (κ1) is 20.5. The number of nitrogens with one attached hydrogen (secondary N) is 1. The minimum Gasteiger partial charge on any atom is -0.504 e. The minimum atomic E-state index is -1.12. The third-order valence-electron chi connectivity index (χ3n) is 9.00. The summed E-state index contributed by atoms with van der Waals surface area (Å²) in [5.74, 6) is 1.23. The number of piperidine rings is 1. The maximum Gasteiger partial charge on any atom is 0.275 e. The summed E-state index contributed by atoms with van der Waals surface area (Å²) in [4.78, 5) is 20.6. The van der Waals surface area contributed by atoms with E-state index in [0.29, 0.717) is 35.5 Å². The van der Waals surface area contributed by atoms with Gasteiger partial charge in [-0.1, -0.05) is 6.07 Å². The van der Waals surface area contributed by atoms with Gasteiger partial charge in [-0.15, -0.1) is 0 Å². The van der Waals surface area contributed by atoms with Crippen LogP contribution in [0, 0.1) is 19.8 Å². The monoisotopic (exact) mass is 462 g/mol. The summed E-state index contributed by atoms with van der Waals surface area (Å²) in [6.45, 7) is 7.44. The molecule has 2 fully saturated rings. The predicted molar refractivity (Wildman–Crippen MR) is 125 cm³/mol. The SMILES string of the molecule is Cc1cc2nc([C@@H]3Oc4c(O)ccc5c4[C@@]34CCN(CC3CC3)[C@H](C5)[C@@]4(C)O)c(C)c(=O)n2[nH]1. The van der Waals surface area contributed by atoms with Crippen LogP contribution in [0.2, 0.25) is 0 Å². The Balaban J connectivity index is 1.47. The van der Waals surface area contributed by atoms with Crippen LogP contribution in [0.1, 0.15) is 60.4 Å². The molecule has 4 aliphatic rings. The van der Waals surface area contributed by atoms with Gasteiger partial charge in [0.2, 0.25) is 0 Å². The largest absolute Gasteiger partial charge is 0.504 e. The first-order valence-corrected chi connectivity index (χ1v) is 12.3. The average molecular weight is 463 g/mol. The lowest BCUT2D eigenvalue weighted by atomic mass is 9.53. The van der Waals surface area contributed by atoms with Crippen LogP contribution >= 0.6 is 0 Å². The highest BCUT2D eigenvalue weighted by Crippen LogP contribution is 2.65. The lowest BCUT2D eigenvalue weighted by molar-refractivity contribution is -0.156. The van der Waals surface area contributed by atoms with Crippen LogP contribution in [0.25, 0.3) is 5.65 Å². The van der Waals surface area contributed by atoms with Crippen molar-refractivity contribution in [1.29, 1.82) is 0 Å². The third-order valence-corrected chi connectivity index (χ3v) is 9.00. The molecule has 2 aromatic heterocycles. The van der Waals surface area contributed by atoms with Crippen molar-refractivity contribution in [2.75, 3.05) is 13.1 Å². The van der Waals surface area contributed by atoms with E-state index in [2.05, 4.69) is 10.00 Å². The Morgan fingerprint density at radius 3 is 2.85 bits per heavy atom. The zero-order valence-electron chi connectivity index (χ0n) is 19.8.